The van der Waals surface area contributed by atoms with Crippen molar-refractivity contribution in [3.05, 3.63) is 29.3 Å². The maximum atomic E-state index is 11.7. The van der Waals surface area contributed by atoms with Crippen LogP contribution in [0.15, 0.2) is 18.2 Å². The molecule has 0 spiro atoms. The van der Waals surface area contributed by atoms with Gasteiger partial charge in [0, 0.05) is 12.2 Å². The van der Waals surface area contributed by atoms with E-state index in [-0.39, 0.29) is 5.97 Å². The Bertz CT molecular complexity index is 539. The first-order chi connectivity index (χ1) is 11.2. The number of nitrogens with two attached hydrogens (primary N) is 1. The zero-order chi connectivity index (χ0) is 16.7. The highest BCUT2D eigenvalue weighted by Gasteiger charge is 2.22. The van der Waals surface area contributed by atoms with Gasteiger partial charge in [-0.1, -0.05) is 6.07 Å². The summed E-state index contributed by atoms with van der Waals surface area (Å²) in [5.41, 5.74) is 8.39. The number of ether oxygens (including phenoxy) is 2. The number of carbonyl (C=O) groups is 2. The van der Waals surface area contributed by atoms with E-state index in [2.05, 4.69) is 4.90 Å². The van der Waals surface area contributed by atoms with Crippen molar-refractivity contribution >= 4 is 18.1 Å². The Hall–Kier alpha value is -2.08. The molecule has 1 fully saturated rings. The van der Waals surface area contributed by atoms with Crippen molar-refractivity contribution in [2.45, 2.75) is 25.7 Å². The molecule has 1 heterocycles. The third-order valence-electron chi connectivity index (χ3n) is 4.22. The van der Waals surface area contributed by atoms with E-state index in [1.807, 2.05) is 6.07 Å². The second kappa shape index (κ2) is 8.53. The van der Waals surface area contributed by atoms with Crippen LogP contribution in [0, 0.1) is 0 Å². The Morgan fingerprint density at radius 2 is 2.13 bits per heavy atom. The van der Waals surface area contributed by atoms with Crippen LogP contribution in [0.1, 0.15) is 41.6 Å². The highest BCUT2D eigenvalue weighted by Crippen LogP contribution is 2.32. The molecule has 23 heavy (non-hydrogen) atoms. The first-order valence-electron chi connectivity index (χ1n) is 7.99. The largest absolute Gasteiger partial charge is 0.467 e. The van der Waals surface area contributed by atoms with E-state index < -0.39 is 0 Å². The predicted molar refractivity (Wildman–Crippen MR) is 87.2 cm³/mol. The second-order valence-corrected chi connectivity index (χ2v) is 5.65. The summed E-state index contributed by atoms with van der Waals surface area (Å²) in [6.45, 7) is 5.72. The van der Waals surface area contributed by atoms with Crippen LogP contribution in [0.5, 0.6) is 0 Å². The summed E-state index contributed by atoms with van der Waals surface area (Å²) in [7, 11) is 0. The molecule has 2 N–H and O–H groups in total. The molecule has 0 saturated carbocycles. The van der Waals surface area contributed by atoms with Crippen LogP contribution in [-0.4, -0.2) is 50.2 Å². The fourth-order valence-corrected chi connectivity index (χ4v) is 2.99. The van der Waals surface area contributed by atoms with Gasteiger partial charge in [-0.2, -0.15) is 0 Å². The van der Waals surface area contributed by atoms with Crippen LogP contribution in [-0.2, 0) is 14.3 Å². The molecule has 2 rings (SSSR count). The minimum atomic E-state index is -0.337. The Labute approximate surface area is 136 Å². The normalized spacial score (nSPS) is 16.0. The molecule has 1 aromatic carbocycles. The van der Waals surface area contributed by atoms with Crippen LogP contribution >= 0.6 is 0 Å². The number of benzene rings is 1. The third-order valence-corrected chi connectivity index (χ3v) is 4.22. The maximum Gasteiger partial charge on any atom is 0.338 e. The topological polar surface area (TPSA) is 81.9 Å². The lowest BCUT2D eigenvalue weighted by atomic mass is 9.88. The molecule has 0 unspecified atom stereocenters. The smallest absolute Gasteiger partial charge is 0.338 e. The monoisotopic (exact) mass is 320 g/mol. The van der Waals surface area contributed by atoms with Crippen molar-refractivity contribution in [1.82, 2.24) is 4.90 Å². The number of anilines is 1. The number of rotatable bonds is 7. The SMILES string of the molecule is CCOC(=O)c1ccc(C2CCN(CCOC=O)CC2)c(N)c1. The Kier molecular flexibility index (Phi) is 6.40. The minimum Gasteiger partial charge on any atom is -0.467 e. The zero-order valence-electron chi connectivity index (χ0n) is 13.5. The van der Waals surface area contributed by atoms with Crippen LogP contribution in [0.4, 0.5) is 5.69 Å². The van der Waals surface area contributed by atoms with Gasteiger partial charge in [-0.3, -0.25) is 9.69 Å². The maximum absolute atomic E-state index is 11.7. The van der Waals surface area contributed by atoms with Crippen molar-refractivity contribution in [2.75, 3.05) is 38.6 Å². The Balaban J connectivity index is 1.93. The van der Waals surface area contributed by atoms with Gasteiger partial charge in [0.05, 0.1) is 12.2 Å². The molecule has 0 aliphatic carbocycles. The van der Waals surface area contributed by atoms with Crippen LogP contribution < -0.4 is 5.73 Å². The molecule has 0 aromatic heterocycles. The number of carbonyl (C=O) groups excluding carboxylic acids is 2. The third kappa shape index (κ3) is 4.69. The van der Waals surface area contributed by atoms with Gasteiger partial charge in [-0.05, 0) is 56.5 Å². The fraction of sp³-hybridized carbons (Fsp3) is 0.529. The molecule has 0 amide bonds. The van der Waals surface area contributed by atoms with E-state index in [4.69, 9.17) is 15.2 Å². The number of nitrogens with zero attached hydrogens (tertiary/aromatic N) is 1. The van der Waals surface area contributed by atoms with Crippen molar-refractivity contribution in [3.63, 3.8) is 0 Å². The highest BCUT2D eigenvalue weighted by molar-refractivity contribution is 5.90. The van der Waals surface area contributed by atoms with Crippen molar-refractivity contribution in [2.24, 2.45) is 0 Å². The molecular formula is C17H24N2O4. The number of hydrogen-bond donors (Lipinski definition) is 1. The number of hydrogen-bond acceptors (Lipinski definition) is 6. The van der Waals surface area contributed by atoms with Gasteiger partial charge >= 0.3 is 5.97 Å². The summed E-state index contributed by atoms with van der Waals surface area (Å²) in [5, 5.41) is 0. The molecule has 1 aliphatic rings. The molecule has 6 heteroatoms. The van der Waals surface area contributed by atoms with Crippen molar-refractivity contribution in [1.29, 1.82) is 0 Å². The summed E-state index contributed by atoms with van der Waals surface area (Å²) >= 11 is 0. The van der Waals surface area contributed by atoms with E-state index in [1.165, 1.54) is 0 Å². The summed E-state index contributed by atoms with van der Waals surface area (Å²) < 4.78 is 9.73. The first kappa shape index (κ1) is 17.3. The molecule has 1 aliphatic heterocycles. The predicted octanol–water partition coefficient (Wildman–Crippen LogP) is 1.80. The molecule has 6 nitrogen and oxygen atoms in total. The fourth-order valence-electron chi connectivity index (χ4n) is 2.99. The standard InChI is InChI=1S/C17H24N2O4/c1-2-23-17(21)14-3-4-15(16(18)11-14)13-5-7-19(8-6-13)9-10-22-12-20/h3-4,11-13H,2,5-10,18H2,1H3. The van der Waals surface area contributed by atoms with Crippen LogP contribution in [0.25, 0.3) is 0 Å². The Morgan fingerprint density at radius 3 is 2.74 bits per heavy atom. The van der Waals surface area contributed by atoms with Crippen LogP contribution in [0.3, 0.4) is 0 Å². The average Bonchev–Trinajstić information content (AvgIpc) is 2.56. The van der Waals surface area contributed by atoms with Crippen molar-refractivity contribution in [3.8, 4) is 0 Å². The van der Waals surface area contributed by atoms with Gasteiger partial charge in [0.1, 0.15) is 6.61 Å². The molecule has 0 bridgehead atoms. The highest BCUT2D eigenvalue weighted by atomic mass is 16.5. The van der Waals surface area contributed by atoms with Gasteiger partial charge < -0.3 is 15.2 Å². The van der Waals surface area contributed by atoms with E-state index >= 15 is 0 Å². The quantitative estimate of drug-likeness (QED) is 0.357. The first-order valence-corrected chi connectivity index (χ1v) is 7.99. The van der Waals surface area contributed by atoms with Crippen molar-refractivity contribution < 1.29 is 19.1 Å². The molecule has 1 saturated heterocycles. The summed E-state index contributed by atoms with van der Waals surface area (Å²) in [6, 6.07) is 5.43. The summed E-state index contributed by atoms with van der Waals surface area (Å²) in [6.07, 6.45) is 2.01. The number of piperidine rings is 1. The molecule has 1 aromatic rings. The number of esters is 1. The average molecular weight is 320 g/mol. The van der Waals surface area contributed by atoms with Gasteiger partial charge in [0.2, 0.25) is 0 Å². The zero-order valence-corrected chi connectivity index (χ0v) is 13.5. The number of nitrogen functional groups attached to an aromatic ring is 1. The second-order valence-electron chi connectivity index (χ2n) is 5.65. The molecule has 126 valence electrons. The molecular weight excluding hydrogens is 296 g/mol. The van der Waals surface area contributed by atoms with E-state index in [9.17, 15) is 9.59 Å². The Morgan fingerprint density at radius 1 is 1.39 bits per heavy atom. The van der Waals surface area contributed by atoms with Gasteiger partial charge in [-0.25, -0.2) is 4.79 Å². The lowest BCUT2D eigenvalue weighted by Gasteiger charge is -2.32. The number of likely N-dealkylation sites (tertiary alicyclic amines) is 1. The van der Waals surface area contributed by atoms with Gasteiger partial charge in [0.25, 0.3) is 6.47 Å². The van der Waals surface area contributed by atoms with E-state index in [0.717, 1.165) is 38.0 Å². The van der Waals surface area contributed by atoms with Gasteiger partial charge in [-0.15, -0.1) is 0 Å². The lowest BCUT2D eigenvalue weighted by Crippen LogP contribution is -2.35. The molecule has 0 radical (unpaired) electrons. The summed E-state index contributed by atoms with van der Waals surface area (Å²) in [4.78, 5) is 24.2. The summed E-state index contributed by atoms with van der Waals surface area (Å²) in [5.74, 6) is 0.0604. The minimum absolute atomic E-state index is 0.337. The van der Waals surface area contributed by atoms with E-state index in [0.29, 0.717) is 36.9 Å². The van der Waals surface area contributed by atoms with Crippen LogP contribution in [0.2, 0.25) is 0 Å². The van der Waals surface area contributed by atoms with Gasteiger partial charge in [0.15, 0.2) is 0 Å². The lowest BCUT2D eigenvalue weighted by molar-refractivity contribution is -0.129. The van der Waals surface area contributed by atoms with E-state index in [1.54, 1.807) is 19.1 Å². The molecule has 0 atom stereocenters.